The quantitative estimate of drug-likeness (QED) is 0.834. The first-order valence-corrected chi connectivity index (χ1v) is 7.38. The van der Waals surface area contributed by atoms with Gasteiger partial charge in [-0.15, -0.1) is 0 Å². The van der Waals surface area contributed by atoms with E-state index in [4.69, 9.17) is 16.0 Å². The molecule has 0 aliphatic rings. The summed E-state index contributed by atoms with van der Waals surface area (Å²) >= 11 is 6.12. The third-order valence-electron chi connectivity index (χ3n) is 3.26. The minimum Gasteiger partial charge on any atom is -0.467 e. The molecule has 0 unspecified atom stereocenters. The van der Waals surface area contributed by atoms with Crippen LogP contribution in [0.4, 0.5) is 5.69 Å². The van der Waals surface area contributed by atoms with Gasteiger partial charge in [-0.25, -0.2) is 0 Å². The van der Waals surface area contributed by atoms with Crippen molar-refractivity contribution in [3.8, 4) is 0 Å². The Bertz CT molecular complexity index is 525. The number of halogens is 1. The smallest absolute Gasteiger partial charge is 0.123 e. The van der Waals surface area contributed by atoms with Crippen molar-refractivity contribution in [2.45, 2.75) is 26.9 Å². The Balaban J connectivity index is 2.23. The highest BCUT2D eigenvalue weighted by atomic mass is 35.5. The second-order valence-corrected chi connectivity index (χ2v) is 5.08. The summed E-state index contributed by atoms with van der Waals surface area (Å²) in [5.41, 5.74) is 2.42. The molecule has 0 aliphatic carbocycles. The lowest BCUT2D eigenvalue weighted by Crippen LogP contribution is -2.24. The maximum Gasteiger partial charge on any atom is 0.123 e. The van der Waals surface area contributed by atoms with Gasteiger partial charge >= 0.3 is 0 Å². The third-order valence-corrected chi connectivity index (χ3v) is 3.49. The summed E-state index contributed by atoms with van der Waals surface area (Å²) in [6.07, 6.45) is 1.71. The first-order valence-electron chi connectivity index (χ1n) is 7.01. The first kappa shape index (κ1) is 14.9. The summed E-state index contributed by atoms with van der Waals surface area (Å²) in [5, 5.41) is 4.14. The van der Waals surface area contributed by atoms with Crippen molar-refractivity contribution in [1.29, 1.82) is 0 Å². The van der Waals surface area contributed by atoms with Crippen molar-refractivity contribution in [3.05, 3.63) is 52.9 Å². The molecule has 4 heteroatoms. The number of benzene rings is 1. The fourth-order valence-corrected chi connectivity index (χ4v) is 2.42. The molecule has 108 valence electrons. The second-order valence-electron chi connectivity index (χ2n) is 4.65. The third kappa shape index (κ3) is 3.78. The number of rotatable bonds is 7. The van der Waals surface area contributed by atoms with Crippen LogP contribution in [0.1, 0.15) is 25.2 Å². The number of hydrogen-bond acceptors (Lipinski definition) is 3. The van der Waals surface area contributed by atoms with E-state index in [0.717, 1.165) is 37.0 Å². The summed E-state index contributed by atoms with van der Waals surface area (Å²) < 4.78 is 5.45. The van der Waals surface area contributed by atoms with Crippen LogP contribution in [0.2, 0.25) is 5.02 Å². The normalized spacial score (nSPS) is 10.8. The van der Waals surface area contributed by atoms with Crippen molar-refractivity contribution in [2.75, 3.05) is 18.0 Å². The van der Waals surface area contributed by atoms with E-state index >= 15 is 0 Å². The molecule has 0 atom stereocenters. The standard InChI is InChI=1S/C16H21ClN2O/c1-3-18-11-13-10-14(17)7-8-16(13)19(4-2)12-15-6-5-9-20-15/h5-10,18H,3-4,11-12H2,1-2H3. The highest BCUT2D eigenvalue weighted by Gasteiger charge is 2.12. The molecule has 20 heavy (non-hydrogen) atoms. The molecule has 0 fully saturated rings. The van der Waals surface area contributed by atoms with Crippen LogP contribution in [-0.2, 0) is 13.1 Å². The van der Waals surface area contributed by atoms with E-state index in [9.17, 15) is 0 Å². The van der Waals surface area contributed by atoms with Crippen LogP contribution in [0.25, 0.3) is 0 Å². The molecule has 1 N–H and O–H groups in total. The second kappa shape index (κ2) is 7.36. The van der Waals surface area contributed by atoms with Crippen molar-refractivity contribution >= 4 is 17.3 Å². The van der Waals surface area contributed by atoms with Crippen LogP contribution in [0.15, 0.2) is 41.0 Å². The van der Waals surface area contributed by atoms with Gasteiger partial charge in [0.15, 0.2) is 0 Å². The molecule has 0 saturated carbocycles. The average molecular weight is 293 g/mol. The summed E-state index contributed by atoms with van der Waals surface area (Å²) in [6.45, 7) is 7.70. The molecule has 1 aromatic carbocycles. The number of furan rings is 1. The Kier molecular flexibility index (Phi) is 5.50. The molecule has 0 radical (unpaired) electrons. The van der Waals surface area contributed by atoms with Crippen LogP contribution in [0, 0.1) is 0 Å². The van der Waals surface area contributed by atoms with Gasteiger partial charge in [0, 0.05) is 23.8 Å². The topological polar surface area (TPSA) is 28.4 Å². The lowest BCUT2D eigenvalue weighted by atomic mass is 10.1. The van der Waals surface area contributed by atoms with Crippen molar-refractivity contribution < 1.29 is 4.42 Å². The fraction of sp³-hybridized carbons (Fsp3) is 0.375. The van der Waals surface area contributed by atoms with Crippen LogP contribution < -0.4 is 10.2 Å². The van der Waals surface area contributed by atoms with Gasteiger partial charge in [0.05, 0.1) is 12.8 Å². The van der Waals surface area contributed by atoms with Crippen LogP contribution in [0.5, 0.6) is 0 Å². The number of hydrogen-bond donors (Lipinski definition) is 1. The zero-order valence-corrected chi connectivity index (χ0v) is 12.8. The average Bonchev–Trinajstić information content (AvgIpc) is 2.96. The Morgan fingerprint density at radius 1 is 1.25 bits per heavy atom. The molecule has 3 nitrogen and oxygen atoms in total. The van der Waals surface area contributed by atoms with E-state index in [1.165, 1.54) is 11.3 Å². The fourth-order valence-electron chi connectivity index (χ4n) is 2.22. The van der Waals surface area contributed by atoms with Crippen LogP contribution >= 0.6 is 11.6 Å². The van der Waals surface area contributed by atoms with Gasteiger partial charge < -0.3 is 14.6 Å². The molecule has 2 aromatic rings. The van der Waals surface area contributed by atoms with E-state index in [0.29, 0.717) is 0 Å². The summed E-state index contributed by atoms with van der Waals surface area (Å²) in [6, 6.07) is 9.98. The largest absolute Gasteiger partial charge is 0.467 e. The van der Waals surface area contributed by atoms with Gasteiger partial charge in [-0.1, -0.05) is 18.5 Å². The molecular weight excluding hydrogens is 272 g/mol. The van der Waals surface area contributed by atoms with Crippen molar-refractivity contribution in [1.82, 2.24) is 5.32 Å². The predicted molar refractivity (Wildman–Crippen MR) is 84.3 cm³/mol. The van der Waals surface area contributed by atoms with Crippen LogP contribution in [0.3, 0.4) is 0 Å². The molecule has 0 spiro atoms. The van der Waals surface area contributed by atoms with E-state index in [-0.39, 0.29) is 0 Å². The Morgan fingerprint density at radius 3 is 2.75 bits per heavy atom. The minimum atomic E-state index is 0.768. The van der Waals surface area contributed by atoms with E-state index in [2.05, 4.69) is 30.1 Å². The summed E-state index contributed by atoms with van der Waals surface area (Å²) in [4.78, 5) is 2.29. The van der Waals surface area contributed by atoms with E-state index in [1.807, 2.05) is 24.3 Å². The number of nitrogens with one attached hydrogen (secondary N) is 1. The van der Waals surface area contributed by atoms with Crippen molar-refractivity contribution in [2.24, 2.45) is 0 Å². The maximum atomic E-state index is 6.12. The van der Waals surface area contributed by atoms with Gasteiger partial charge in [0.2, 0.25) is 0 Å². The number of anilines is 1. The molecule has 0 amide bonds. The highest BCUT2D eigenvalue weighted by Crippen LogP contribution is 2.26. The SMILES string of the molecule is CCNCc1cc(Cl)ccc1N(CC)Cc1ccco1. The Hall–Kier alpha value is -1.45. The predicted octanol–water partition coefficient (Wildman–Crippen LogP) is 4.07. The first-order chi connectivity index (χ1) is 9.74. The lowest BCUT2D eigenvalue weighted by Gasteiger charge is -2.25. The molecule has 0 saturated heterocycles. The molecule has 0 aliphatic heterocycles. The Morgan fingerprint density at radius 2 is 2.10 bits per heavy atom. The van der Waals surface area contributed by atoms with Gasteiger partial charge in [0.1, 0.15) is 5.76 Å². The maximum absolute atomic E-state index is 6.12. The highest BCUT2D eigenvalue weighted by molar-refractivity contribution is 6.30. The summed E-state index contributed by atoms with van der Waals surface area (Å²) in [5.74, 6) is 0.969. The monoisotopic (exact) mass is 292 g/mol. The minimum absolute atomic E-state index is 0.768. The number of nitrogens with zero attached hydrogens (tertiary/aromatic N) is 1. The van der Waals surface area contributed by atoms with Gasteiger partial charge in [-0.3, -0.25) is 0 Å². The lowest BCUT2D eigenvalue weighted by molar-refractivity contribution is 0.503. The molecule has 1 heterocycles. The van der Waals surface area contributed by atoms with E-state index < -0.39 is 0 Å². The molecular formula is C16H21ClN2O. The van der Waals surface area contributed by atoms with Gasteiger partial charge in [-0.05, 0) is 49.4 Å². The van der Waals surface area contributed by atoms with Crippen LogP contribution in [-0.4, -0.2) is 13.1 Å². The molecule has 0 bridgehead atoms. The van der Waals surface area contributed by atoms with Gasteiger partial charge in [0.25, 0.3) is 0 Å². The zero-order valence-electron chi connectivity index (χ0n) is 12.0. The Labute approximate surface area is 125 Å². The van der Waals surface area contributed by atoms with E-state index in [1.54, 1.807) is 6.26 Å². The van der Waals surface area contributed by atoms with Gasteiger partial charge in [-0.2, -0.15) is 0 Å². The zero-order chi connectivity index (χ0) is 14.4. The molecule has 2 rings (SSSR count). The molecule has 1 aromatic heterocycles. The summed E-state index contributed by atoms with van der Waals surface area (Å²) in [7, 11) is 0. The van der Waals surface area contributed by atoms with Crippen molar-refractivity contribution in [3.63, 3.8) is 0 Å².